The largest absolute Gasteiger partial charge is 0.327 e. The maximum Gasteiger partial charge on any atom is 0.106 e. The summed E-state index contributed by atoms with van der Waals surface area (Å²) in [5.41, 5.74) is 4.04. The number of hydrogen-bond acceptors (Lipinski definition) is 2. The number of aromatic nitrogens is 4. The average Bonchev–Trinajstić information content (AvgIpc) is 2.96. The molecule has 0 amide bonds. The molecular formula is C14H20N4. The van der Waals surface area contributed by atoms with E-state index in [1.807, 2.05) is 10.9 Å². The first-order valence-electron chi connectivity index (χ1n) is 6.84. The third kappa shape index (κ3) is 1.96. The van der Waals surface area contributed by atoms with Crippen LogP contribution >= 0.6 is 0 Å². The monoisotopic (exact) mass is 244 g/mol. The van der Waals surface area contributed by atoms with E-state index in [9.17, 15) is 0 Å². The van der Waals surface area contributed by atoms with Crippen LogP contribution in [0.1, 0.15) is 42.5 Å². The van der Waals surface area contributed by atoms with Crippen molar-refractivity contribution in [1.29, 1.82) is 0 Å². The number of aryl methyl sites for hydroxylation is 3. The zero-order valence-corrected chi connectivity index (χ0v) is 11.2. The quantitative estimate of drug-likeness (QED) is 0.830. The minimum atomic E-state index is 0.911. The molecule has 0 atom stereocenters. The van der Waals surface area contributed by atoms with Crippen LogP contribution in [0, 0.1) is 6.92 Å². The fourth-order valence-corrected chi connectivity index (χ4v) is 2.79. The molecule has 1 aliphatic rings. The van der Waals surface area contributed by atoms with Gasteiger partial charge in [-0.25, -0.2) is 4.98 Å². The third-order valence-electron chi connectivity index (χ3n) is 3.77. The number of fused-ring (bicyclic) bond motifs is 1. The number of rotatable bonds is 3. The van der Waals surface area contributed by atoms with Gasteiger partial charge in [0.15, 0.2) is 0 Å². The standard InChI is InChI=1S/C14H20N4/c1-3-17-9-12(8-15-17)10-18-11(2)16-13-6-4-5-7-14(13)18/h8-9H,3-7,10H2,1-2H3. The fraction of sp³-hybridized carbons (Fsp3) is 0.571. The van der Waals surface area contributed by atoms with E-state index in [0.29, 0.717) is 0 Å². The van der Waals surface area contributed by atoms with Crippen molar-refractivity contribution in [2.45, 2.75) is 52.6 Å². The highest BCUT2D eigenvalue weighted by atomic mass is 15.3. The number of nitrogens with zero attached hydrogens (tertiary/aromatic N) is 4. The van der Waals surface area contributed by atoms with Gasteiger partial charge in [0.25, 0.3) is 0 Å². The Kier molecular flexibility index (Phi) is 2.94. The molecule has 1 aliphatic carbocycles. The normalized spacial score (nSPS) is 14.8. The topological polar surface area (TPSA) is 35.6 Å². The Morgan fingerprint density at radius 1 is 1.28 bits per heavy atom. The van der Waals surface area contributed by atoms with Gasteiger partial charge in [0.2, 0.25) is 0 Å². The van der Waals surface area contributed by atoms with Crippen molar-refractivity contribution in [2.24, 2.45) is 0 Å². The molecule has 96 valence electrons. The van der Waals surface area contributed by atoms with Gasteiger partial charge in [-0.05, 0) is 39.5 Å². The summed E-state index contributed by atoms with van der Waals surface area (Å²) in [6.45, 7) is 6.07. The van der Waals surface area contributed by atoms with Gasteiger partial charge in [-0.15, -0.1) is 0 Å². The van der Waals surface area contributed by atoms with Crippen LogP contribution < -0.4 is 0 Å². The van der Waals surface area contributed by atoms with E-state index in [0.717, 1.165) is 25.3 Å². The zero-order chi connectivity index (χ0) is 12.5. The van der Waals surface area contributed by atoms with Gasteiger partial charge in [-0.2, -0.15) is 5.10 Å². The van der Waals surface area contributed by atoms with Crippen LogP contribution in [-0.2, 0) is 25.9 Å². The van der Waals surface area contributed by atoms with E-state index in [2.05, 4.69) is 29.7 Å². The summed E-state index contributed by atoms with van der Waals surface area (Å²) in [7, 11) is 0. The maximum absolute atomic E-state index is 4.71. The molecule has 18 heavy (non-hydrogen) atoms. The van der Waals surface area contributed by atoms with Crippen molar-refractivity contribution in [3.8, 4) is 0 Å². The van der Waals surface area contributed by atoms with Gasteiger partial charge < -0.3 is 4.57 Å². The minimum absolute atomic E-state index is 0.911. The van der Waals surface area contributed by atoms with Crippen LogP contribution in [-0.4, -0.2) is 19.3 Å². The van der Waals surface area contributed by atoms with Gasteiger partial charge in [0, 0.05) is 24.0 Å². The average molecular weight is 244 g/mol. The SMILES string of the molecule is CCn1cc(Cn2c(C)nc3c2CCCC3)cn1. The third-order valence-corrected chi connectivity index (χ3v) is 3.77. The molecule has 0 saturated carbocycles. The molecule has 2 aromatic rings. The maximum atomic E-state index is 4.71. The molecule has 4 nitrogen and oxygen atoms in total. The second kappa shape index (κ2) is 4.59. The van der Waals surface area contributed by atoms with E-state index >= 15 is 0 Å². The predicted octanol–water partition coefficient (Wildman–Crippen LogP) is 2.34. The van der Waals surface area contributed by atoms with E-state index in [4.69, 9.17) is 4.98 Å². The Morgan fingerprint density at radius 2 is 2.11 bits per heavy atom. The van der Waals surface area contributed by atoms with Crippen LogP contribution in [0.3, 0.4) is 0 Å². The molecule has 2 aromatic heterocycles. The zero-order valence-electron chi connectivity index (χ0n) is 11.2. The summed E-state index contributed by atoms with van der Waals surface area (Å²) in [6, 6.07) is 0. The highest BCUT2D eigenvalue weighted by Crippen LogP contribution is 2.22. The molecule has 0 aromatic carbocycles. The van der Waals surface area contributed by atoms with E-state index < -0.39 is 0 Å². The lowest BCUT2D eigenvalue weighted by atomic mass is 10.0. The van der Waals surface area contributed by atoms with E-state index in [-0.39, 0.29) is 0 Å². The van der Waals surface area contributed by atoms with Crippen LogP contribution in [0.4, 0.5) is 0 Å². The summed E-state index contributed by atoms with van der Waals surface area (Å²) < 4.78 is 4.35. The summed E-state index contributed by atoms with van der Waals surface area (Å²) in [4.78, 5) is 4.71. The van der Waals surface area contributed by atoms with Crippen LogP contribution in [0.25, 0.3) is 0 Å². The Bertz CT molecular complexity index is 550. The second-order valence-electron chi connectivity index (χ2n) is 5.05. The molecule has 4 heteroatoms. The molecule has 3 rings (SSSR count). The van der Waals surface area contributed by atoms with Crippen LogP contribution in [0.15, 0.2) is 12.4 Å². The Morgan fingerprint density at radius 3 is 2.89 bits per heavy atom. The van der Waals surface area contributed by atoms with Crippen LogP contribution in [0.5, 0.6) is 0 Å². The molecule has 0 spiro atoms. The fourth-order valence-electron chi connectivity index (χ4n) is 2.79. The smallest absolute Gasteiger partial charge is 0.106 e. The molecule has 0 bridgehead atoms. The highest BCUT2D eigenvalue weighted by Gasteiger charge is 2.18. The molecular weight excluding hydrogens is 224 g/mol. The summed E-state index contributed by atoms with van der Waals surface area (Å²) >= 11 is 0. The molecule has 0 radical (unpaired) electrons. The van der Waals surface area contributed by atoms with Crippen LogP contribution in [0.2, 0.25) is 0 Å². The van der Waals surface area contributed by atoms with Gasteiger partial charge in [0.05, 0.1) is 18.4 Å². The summed E-state index contributed by atoms with van der Waals surface area (Å²) in [5.74, 6) is 1.14. The molecule has 0 fully saturated rings. The predicted molar refractivity (Wildman–Crippen MR) is 70.6 cm³/mol. The molecule has 2 heterocycles. The van der Waals surface area contributed by atoms with Crippen molar-refractivity contribution in [2.75, 3.05) is 0 Å². The molecule has 0 N–H and O–H groups in total. The lowest BCUT2D eigenvalue weighted by Crippen LogP contribution is -2.10. The Hall–Kier alpha value is -1.58. The van der Waals surface area contributed by atoms with Gasteiger partial charge in [0.1, 0.15) is 5.82 Å². The van der Waals surface area contributed by atoms with Crippen molar-refractivity contribution >= 4 is 0 Å². The van der Waals surface area contributed by atoms with Crippen molar-refractivity contribution in [3.63, 3.8) is 0 Å². The Labute approximate surface area is 108 Å². The lowest BCUT2D eigenvalue weighted by molar-refractivity contribution is 0.623. The van der Waals surface area contributed by atoms with E-state index in [1.165, 1.54) is 36.2 Å². The number of imidazole rings is 1. The van der Waals surface area contributed by atoms with Gasteiger partial charge in [-0.3, -0.25) is 4.68 Å². The van der Waals surface area contributed by atoms with Crippen molar-refractivity contribution in [3.05, 3.63) is 35.2 Å². The molecule has 0 aliphatic heterocycles. The van der Waals surface area contributed by atoms with Gasteiger partial charge >= 0.3 is 0 Å². The van der Waals surface area contributed by atoms with Crippen molar-refractivity contribution in [1.82, 2.24) is 19.3 Å². The first-order chi connectivity index (χ1) is 8.78. The summed E-state index contributed by atoms with van der Waals surface area (Å²) in [6.07, 6.45) is 9.02. The Balaban J connectivity index is 1.90. The first-order valence-corrected chi connectivity index (χ1v) is 6.84. The van der Waals surface area contributed by atoms with E-state index in [1.54, 1.807) is 0 Å². The summed E-state index contributed by atoms with van der Waals surface area (Å²) in [5, 5.41) is 4.34. The lowest BCUT2D eigenvalue weighted by Gasteiger charge is -2.14. The second-order valence-corrected chi connectivity index (χ2v) is 5.05. The molecule has 0 saturated heterocycles. The van der Waals surface area contributed by atoms with Crippen molar-refractivity contribution < 1.29 is 0 Å². The van der Waals surface area contributed by atoms with Gasteiger partial charge in [-0.1, -0.05) is 0 Å². The minimum Gasteiger partial charge on any atom is -0.327 e. The highest BCUT2D eigenvalue weighted by molar-refractivity contribution is 5.21. The first kappa shape index (κ1) is 11.5. The number of hydrogen-bond donors (Lipinski definition) is 0. The molecule has 0 unspecified atom stereocenters.